The van der Waals surface area contributed by atoms with Crippen LogP contribution in [0.3, 0.4) is 0 Å². The van der Waals surface area contributed by atoms with Crippen LogP contribution in [0.15, 0.2) is 16.5 Å². The Morgan fingerprint density at radius 1 is 1.56 bits per heavy atom. The normalized spacial score (nSPS) is 10.3. The van der Waals surface area contributed by atoms with Gasteiger partial charge in [-0.2, -0.15) is 5.26 Å². The van der Waals surface area contributed by atoms with Crippen molar-refractivity contribution < 1.29 is 9.34 Å². The first-order valence-corrected chi connectivity index (χ1v) is 4.69. The zero-order valence-corrected chi connectivity index (χ0v) is 8.91. The van der Waals surface area contributed by atoms with Gasteiger partial charge in [0.1, 0.15) is 22.4 Å². The van der Waals surface area contributed by atoms with Crippen molar-refractivity contribution in [3.05, 3.63) is 38.6 Å². The maximum Gasteiger partial charge on any atom is 0.290 e. The largest absolute Gasteiger partial charge is 0.460 e. The van der Waals surface area contributed by atoms with E-state index in [1.54, 1.807) is 13.0 Å². The van der Waals surface area contributed by atoms with E-state index in [9.17, 15) is 10.1 Å². The number of nitro benzene ring substituents is 1. The number of rotatable bonds is 1. The highest BCUT2D eigenvalue weighted by Crippen LogP contribution is 2.36. The lowest BCUT2D eigenvalue weighted by molar-refractivity contribution is -0.384. The van der Waals surface area contributed by atoms with Crippen molar-refractivity contribution in [1.82, 2.24) is 0 Å². The molecule has 2 aromatic rings. The number of halogens is 1. The van der Waals surface area contributed by atoms with Gasteiger partial charge < -0.3 is 4.42 Å². The molecule has 0 saturated heterocycles. The van der Waals surface area contributed by atoms with E-state index in [1.165, 1.54) is 0 Å². The fourth-order valence-corrected chi connectivity index (χ4v) is 1.76. The zero-order valence-electron chi connectivity index (χ0n) is 8.15. The van der Waals surface area contributed by atoms with Crippen LogP contribution < -0.4 is 0 Å². The molecule has 0 aliphatic carbocycles. The first-order chi connectivity index (χ1) is 7.54. The summed E-state index contributed by atoms with van der Waals surface area (Å²) in [6, 6.07) is 4.54. The standard InChI is InChI=1S/C10H5ClN2O3/c1-5-2-7-9(11)8(13(14)15)3-6(4-12)10(7)16-5/h2-3H,1H3. The Bertz CT molecular complexity index is 640. The molecule has 80 valence electrons. The highest BCUT2D eigenvalue weighted by Gasteiger charge is 2.21. The van der Waals surface area contributed by atoms with Gasteiger partial charge in [-0.1, -0.05) is 11.6 Å². The van der Waals surface area contributed by atoms with Gasteiger partial charge in [0.05, 0.1) is 4.92 Å². The number of aryl methyl sites for hydroxylation is 1. The minimum absolute atomic E-state index is 0.00384. The van der Waals surface area contributed by atoms with Gasteiger partial charge in [0.2, 0.25) is 0 Å². The maximum absolute atomic E-state index is 10.7. The average Bonchev–Trinajstić information content (AvgIpc) is 2.60. The molecule has 0 spiro atoms. The molecule has 6 heteroatoms. The SMILES string of the molecule is Cc1cc2c(Cl)c([N+](=O)[O-])cc(C#N)c2o1. The maximum atomic E-state index is 10.7. The number of benzene rings is 1. The molecule has 5 nitrogen and oxygen atoms in total. The number of nitriles is 1. The van der Waals surface area contributed by atoms with E-state index in [0.717, 1.165) is 6.07 Å². The van der Waals surface area contributed by atoms with Gasteiger partial charge in [0, 0.05) is 11.5 Å². The van der Waals surface area contributed by atoms with Gasteiger partial charge in [-0.3, -0.25) is 10.1 Å². The monoisotopic (exact) mass is 236 g/mol. The summed E-state index contributed by atoms with van der Waals surface area (Å²) in [7, 11) is 0. The minimum atomic E-state index is -0.620. The summed E-state index contributed by atoms with van der Waals surface area (Å²) in [4.78, 5) is 10.1. The summed E-state index contributed by atoms with van der Waals surface area (Å²) in [6.45, 7) is 1.68. The fraction of sp³-hybridized carbons (Fsp3) is 0.100. The topological polar surface area (TPSA) is 80.1 Å². The molecule has 0 aliphatic rings. The van der Waals surface area contributed by atoms with Crippen molar-refractivity contribution in [1.29, 1.82) is 5.26 Å². The van der Waals surface area contributed by atoms with E-state index in [2.05, 4.69) is 0 Å². The third kappa shape index (κ3) is 1.40. The lowest BCUT2D eigenvalue weighted by Crippen LogP contribution is -1.91. The second-order valence-corrected chi connectivity index (χ2v) is 3.60. The molecule has 0 atom stereocenters. The van der Waals surface area contributed by atoms with E-state index in [0.29, 0.717) is 11.1 Å². The summed E-state index contributed by atoms with van der Waals surface area (Å²) in [5.74, 6) is 0.550. The molecule has 0 aliphatic heterocycles. The van der Waals surface area contributed by atoms with Gasteiger partial charge in [0.15, 0.2) is 5.58 Å². The zero-order chi connectivity index (χ0) is 11.9. The van der Waals surface area contributed by atoms with Crippen molar-refractivity contribution in [2.24, 2.45) is 0 Å². The van der Waals surface area contributed by atoms with Gasteiger partial charge in [-0.25, -0.2) is 0 Å². The van der Waals surface area contributed by atoms with Gasteiger partial charge >= 0.3 is 0 Å². The number of furan rings is 1. The molecule has 0 unspecified atom stereocenters. The molecule has 0 saturated carbocycles. The molecule has 2 rings (SSSR count). The van der Waals surface area contributed by atoms with Crippen LogP contribution in [0.4, 0.5) is 5.69 Å². The molecule has 16 heavy (non-hydrogen) atoms. The Morgan fingerprint density at radius 3 is 2.81 bits per heavy atom. The number of nitro groups is 1. The molecule has 1 aromatic carbocycles. The lowest BCUT2D eigenvalue weighted by Gasteiger charge is -1.97. The molecule has 0 amide bonds. The van der Waals surface area contributed by atoms with Gasteiger partial charge in [-0.05, 0) is 13.0 Å². The number of hydrogen-bond donors (Lipinski definition) is 0. The van der Waals surface area contributed by atoms with Crippen LogP contribution in [0.5, 0.6) is 0 Å². The van der Waals surface area contributed by atoms with Crippen LogP contribution in [0.25, 0.3) is 11.0 Å². The molecule has 0 N–H and O–H groups in total. The molecule has 1 heterocycles. The highest BCUT2D eigenvalue weighted by molar-refractivity contribution is 6.37. The number of fused-ring (bicyclic) bond motifs is 1. The second kappa shape index (κ2) is 3.51. The predicted molar refractivity (Wildman–Crippen MR) is 57.3 cm³/mol. The summed E-state index contributed by atoms with van der Waals surface area (Å²) in [6.07, 6.45) is 0. The van der Waals surface area contributed by atoms with E-state index in [4.69, 9.17) is 21.3 Å². The van der Waals surface area contributed by atoms with Crippen molar-refractivity contribution in [3.8, 4) is 6.07 Å². The lowest BCUT2D eigenvalue weighted by atomic mass is 10.1. The first-order valence-electron chi connectivity index (χ1n) is 4.31. The van der Waals surface area contributed by atoms with Gasteiger partial charge in [-0.15, -0.1) is 0 Å². The number of hydrogen-bond acceptors (Lipinski definition) is 4. The quantitative estimate of drug-likeness (QED) is 0.563. The van der Waals surface area contributed by atoms with Crippen molar-refractivity contribution in [2.75, 3.05) is 0 Å². The van der Waals surface area contributed by atoms with Gasteiger partial charge in [0.25, 0.3) is 5.69 Å². The molecular formula is C10H5ClN2O3. The van der Waals surface area contributed by atoms with E-state index >= 15 is 0 Å². The Labute approximate surface area is 95.0 Å². The molecule has 0 bridgehead atoms. The van der Waals surface area contributed by atoms with E-state index < -0.39 is 4.92 Å². The van der Waals surface area contributed by atoms with Crippen molar-refractivity contribution >= 4 is 28.3 Å². The summed E-state index contributed by atoms with van der Waals surface area (Å²) in [5.41, 5.74) is 0.112. The van der Waals surface area contributed by atoms with Crippen LogP contribution in [0.2, 0.25) is 5.02 Å². The molecule has 0 radical (unpaired) electrons. The smallest absolute Gasteiger partial charge is 0.290 e. The average molecular weight is 237 g/mol. The predicted octanol–water partition coefficient (Wildman–Crippen LogP) is 3.17. The fourth-order valence-electron chi connectivity index (χ4n) is 1.50. The second-order valence-electron chi connectivity index (χ2n) is 3.23. The minimum Gasteiger partial charge on any atom is -0.460 e. The summed E-state index contributed by atoms with van der Waals surface area (Å²) < 4.78 is 5.28. The van der Waals surface area contributed by atoms with Crippen LogP contribution in [-0.4, -0.2) is 4.92 Å². The van der Waals surface area contributed by atoms with Crippen molar-refractivity contribution in [2.45, 2.75) is 6.92 Å². The first kappa shape index (κ1) is 10.5. The Morgan fingerprint density at radius 2 is 2.25 bits per heavy atom. The Balaban J connectivity index is 2.94. The summed E-state index contributed by atoms with van der Waals surface area (Å²) >= 11 is 5.87. The third-order valence-corrected chi connectivity index (χ3v) is 2.56. The van der Waals surface area contributed by atoms with Crippen LogP contribution >= 0.6 is 11.6 Å². The summed E-state index contributed by atoms with van der Waals surface area (Å²) in [5, 5.41) is 20.0. The highest BCUT2D eigenvalue weighted by atomic mass is 35.5. The molecule has 0 fully saturated rings. The molecule has 1 aromatic heterocycles. The van der Waals surface area contributed by atoms with Crippen molar-refractivity contribution in [3.63, 3.8) is 0 Å². The van der Waals surface area contributed by atoms with Crippen LogP contribution in [0, 0.1) is 28.4 Å². The Hall–Kier alpha value is -2.06. The van der Waals surface area contributed by atoms with E-state index in [1.807, 2.05) is 6.07 Å². The third-order valence-electron chi connectivity index (χ3n) is 2.16. The van der Waals surface area contributed by atoms with E-state index in [-0.39, 0.29) is 21.9 Å². The molecular weight excluding hydrogens is 232 g/mol. The van der Waals surface area contributed by atoms with Crippen LogP contribution in [-0.2, 0) is 0 Å². The Kier molecular flexibility index (Phi) is 2.29. The number of nitrogens with zero attached hydrogens (tertiary/aromatic N) is 2. The van der Waals surface area contributed by atoms with Crippen LogP contribution in [0.1, 0.15) is 11.3 Å².